The van der Waals surface area contributed by atoms with Gasteiger partial charge in [0.2, 0.25) is 0 Å². The summed E-state index contributed by atoms with van der Waals surface area (Å²) in [5.74, 6) is 0. The Balaban J connectivity index is 4.35. The largest absolute Gasteiger partial charge is 0.392 e. The van der Waals surface area contributed by atoms with E-state index >= 15 is 0 Å². The summed E-state index contributed by atoms with van der Waals surface area (Å²) in [6.07, 6.45) is 0.418. The van der Waals surface area contributed by atoms with Crippen LogP contribution in [0.2, 0.25) is 0 Å². The molecule has 0 spiro atoms. The van der Waals surface area contributed by atoms with E-state index in [0.717, 1.165) is 0 Å². The first-order valence-corrected chi connectivity index (χ1v) is 2.78. The zero-order valence-electron chi connectivity index (χ0n) is 5.45. The molecule has 0 heterocycles. The fraction of sp³-hybridized carbons (Fsp3) is 0.500. The Labute approximate surface area is 58.4 Å². The van der Waals surface area contributed by atoms with Crippen LogP contribution in [0.1, 0.15) is 0 Å². The molecule has 0 saturated carbocycles. The van der Waals surface area contributed by atoms with Crippen molar-refractivity contribution in [1.82, 2.24) is 0 Å². The van der Waals surface area contributed by atoms with Gasteiger partial charge in [0, 0.05) is 5.57 Å². The maximum atomic E-state index is 10.1. The summed E-state index contributed by atoms with van der Waals surface area (Å²) in [6.45, 7) is -1.24. The highest BCUT2D eigenvalue weighted by Gasteiger charge is 2.01. The second kappa shape index (κ2) is 5.10. The quantitative estimate of drug-likeness (QED) is 0.332. The maximum Gasteiger partial charge on any atom is 0.148 e. The molecule has 0 rings (SSSR count). The minimum atomic E-state index is -0.444. The highest BCUT2D eigenvalue weighted by molar-refractivity contribution is 5.74. The molecule has 0 aliphatic carbocycles. The Kier molecular flexibility index (Phi) is 4.74. The highest BCUT2D eigenvalue weighted by Crippen LogP contribution is 1.98. The molecule has 0 amide bonds. The zero-order chi connectivity index (χ0) is 7.98. The molecule has 58 valence electrons. The Morgan fingerprint density at radius 3 is 1.70 bits per heavy atom. The van der Waals surface area contributed by atoms with Crippen molar-refractivity contribution in [2.24, 2.45) is 0 Å². The van der Waals surface area contributed by atoms with Crippen molar-refractivity contribution in [1.29, 1.82) is 0 Å². The van der Waals surface area contributed by atoms with E-state index in [1.54, 1.807) is 0 Å². The number of aliphatic hydroxyl groups excluding tert-OH is 3. The Bertz CT molecular complexity index is 133. The van der Waals surface area contributed by atoms with Crippen LogP contribution in [0.25, 0.3) is 0 Å². The van der Waals surface area contributed by atoms with Crippen molar-refractivity contribution < 1.29 is 20.1 Å². The van der Waals surface area contributed by atoms with Gasteiger partial charge in [-0.1, -0.05) is 0 Å². The van der Waals surface area contributed by atoms with Crippen molar-refractivity contribution in [3.8, 4) is 0 Å². The second-order valence-electron chi connectivity index (χ2n) is 1.72. The van der Waals surface area contributed by atoms with Gasteiger partial charge < -0.3 is 15.3 Å². The first-order valence-electron chi connectivity index (χ1n) is 2.78. The third kappa shape index (κ3) is 2.26. The summed E-state index contributed by atoms with van der Waals surface area (Å²) in [7, 11) is 0. The zero-order valence-corrected chi connectivity index (χ0v) is 5.45. The van der Waals surface area contributed by atoms with E-state index in [9.17, 15) is 4.79 Å². The fourth-order valence-electron chi connectivity index (χ4n) is 0.485. The van der Waals surface area contributed by atoms with E-state index in [2.05, 4.69) is 0 Å². The molecule has 0 saturated heterocycles. The highest BCUT2D eigenvalue weighted by atomic mass is 16.3. The SMILES string of the molecule is O=CC(CO)=C(CO)CO. The van der Waals surface area contributed by atoms with Gasteiger partial charge in [0.05, 0.1) is 19.8 Å². The average Bonchev–Trinajstić information content (AvgIpc) is 2.00. The van der Waals surface area contributed by atoms with Crippen molar-refractivity contribution in [2.75, 3.05) is 19.8 Å². The average molecular weight is 146 g/mol. The number of aldehydes is 1. The van der Waals surface area contributed by atoms with Crippen molar-refractivity contribution in [2.45, 2.75) is 0 Å². The van der Waals surface area contributed by atoms with E-state index < -0.39 is 19.8 Å². The van der Waals surface area contributed by atoms with Crippen LogP contribution < -0.4 is 0 Å². The van der Waals surface area contributed by atoms with Crippen LogP contribution in [0, 0.1) is 0 Å². The molecule has 0 aliphatic heterocycles. The Hall–Kier alpha value is -0.710. The lowest BCUT2D eigenvalue weighted by Gasteiger charge is -2.01. The molecule has 0 fully saturated rings. The summed E-state index contributed by atoms with van der Waals surface area (Å²) < 4.78 is 0. The monoisotopic (exact) mass is 146 g/mol. The van der Waals surface area contributed by atoms with Gasteiger partial charge in [-0.25, -0.2) is 0 Å². The third-order valence-corrected chi connectivity index (χ3v) is 1.15. The summed E-state index contributed by atoms with van der Waals surface area (Å²) in [6, 6.07) is 0. The minimum absolute atomic E-state index is 0.0463. The summed E-state index contributed by atoms with van der Waals surface area (Å²) in [4.78, 5) is 10.1. The van der Waals surface area contributed by atoms with E-state index in [-0.39, 0.29) is 11.1 Å². The topological polar surface area (TPSA) is 77.8 Å². The van der Waals surface area contributed by atoms with E-state index in [4.69, 9.17) is 15.3 Å². The lowest BCUT2D eigenvalue weighted by Crippen LogP contribution is -2.05. The molecule has 0 aliphatic rings. The van der Waals surface area contributed by atoms with Crippen LogP contribution in [0.15, 0.2) is 11.1 Å². The molecule has 0 radical (unpaired) electrons. The molecule has 0 bridgehead atoms. The van der Waals surface area contributed by atoms with Gasteiger partial charge >= 0.3 is 0 Å². The van der Waals surface area contributed by atoms with Crippen LogP contribution in [-0.4, -0.2) is 41.4 Å². The summed E-state index contributed by atoms with van der Waals surface area (Å²) in [5.41, 5.74) is 0.211. The van der Waals surface area contributed by atoms with Gasteiger partial charge in [-0.15, -0.1) is 0 Å². The van der Waals surface area contributed by atoms with Crippen molar-refractivity contribution in [3.05, 3.63) is 11.1 Å². The first kappa shape index (κ1) is 9.29. The maximum absolute atomic E-state index is 10.1. The van der Waals surface area contributed by atoms with Gasteiger partial charge in [-0.05, 0) is 5.57 Å². The molecule has 0 atom stereocenters. The van der Waals surface area contributed by atoms with Gasteiger partial charge in [0.15, 0.2) is 0 Å². The predicted octanol–water partition coefficient (Wildman–Crippen LogP) is -1.54. The van der Waals surface area contributed by atoms with Gasteiger partial charge in [0.25, 0.3) is 0 Å². The number of rotatable bonds is 4. The molecule has 0 aromatic rings. The van der Waals surface area contributed by atoms with Crippen LogP contribution in [0.5, 0.6) is 0 Å². The number of carbonyl (C=O) groups excluding carboxylic acids is 1. The van der Waals surface area contributed by atoms with Crippen LogP contribution in [0.3, 0.4) is 0 Å². The molecule has 0 unspecified atom stereocenters. The molecule has 4 nitrogen and oxygen atoms in total. The van der Waals surface area contributed by atoms with Crippen molar-refractivity contribution in [3.63, 3.8) is 0 Å². The van der Waals surface area contributed by atoms with Crippen LogP contribution in [-0.2, 0) is 4.79 Å². The number of aliphatic hydroxyl groups is 3. The number of hydrogen-bond donors (Lipinski definition) is 3. The first-order chi connectivity index (χ1) is 4.79. The Morgan fingerprint density at radius 2 is 1.60 bits per heavy atom. The molecular formula is C6H10O4. The van der Waals surface area contributed by atoms with Crippen LogP contribution >= 0.6 is 0 Å². The molecule has 0 aromatic heterocycles. The van der Waals surface area contributed by atoms with Gasteiger partial charge in [0.1, 0.15) is 6.29 Å². The lowest BCUT2D eigenvalue weighted by atomic mass is 10.1. The van der Waals surface area contributed by atoms with Crippen LogP contribution in [0.4, 0.5) is 0 Å². The smallest absolute Gasteiger partial charge is 0.148 e. The molecule has 4 heteroatoms. The van der Waals surface area contributed by atoms with E-state index in [0.29, 0.717) is 6.29 Å². The second-order valence-corrected chi connectivity index (χ2v) is 1.72. The number of hydrogen-bond acceptors (Lipinski definition) is 4. The van der Waals surface area contributed by atoms with E-state index in [1.165, 1.54) is 0 Å². The molecule has 10 heavy (non-hydrogen) atoms. The Morgan fingerprint density at radius 1 is 1.10 bits per heavy atom. The standard InChI is InChI=1S/C6H10O4/c7-1-5(2-8)6(3-9)4-10/h1,8-10H,2-4H2. The number of carbonyl (C=O) groups is 1. The van der Waals surface area contributed by atoms with Gasteiger partial charge in [-0.2, -0.15) is 0 Å². The lowest BCUT2D eigenvalue weighted by molar-refractivity contribution is -0.105. The molecule has 0 aromatic carbocycles. The molecular weight excluding hydrogens is 136 g/mol. The summed E-state index contributed by atoms with van der Waals surface area (Å²) >= 11 is 0. The van der Waals surface area contributed by atoms with E-state index in [1.807, 2.05) is 0 Å². The third-order valence-electron chi connectivity index (χ3n) is 1.15. The van der Waals surface area contributed by atoms with Crippen molar-refractivity contribution >= 4 is 6.29 Å². The normalized spacial score (nSPS) is 9.10. The summed E-state index contributed by atoms with van der Waals surface area (Å²) in [5, 5.41) is 25.4. The van der Waals surface area contributed by atoms with Gasteiger partial charge in [-0.3, -0.25) is 4.79 Å². The fourth-order valence-corrected chi connectivity index (χ4v) is 0.485. The minimum Gasteiger partial charge on any atom is -0.392 e. The predicted molar refractivity (Wildman–Crippen MR) is 34.3 cm³/mol. The molecule has 3 N–H and O–H groups in total.